The molecule has 1 aromatic heterocycles. The second-order valence-corrected chi connectivity index (χ2v) is 6.37. The predicted molar refractivity (Wildman–Crippen MR) is 90.2 cm³/mol. The number of para-hydroxylation sites is 1. The Morgan fingerprint density at radius 3 is 2.88 bits per heavy atom. The molecule has 1 saturated heterocycles. The van der Waals surface area contributed by atoms with Crippen molar-refractivity contribution in [3.8, 4) is 11.5 Å². The molecule has 0 bridgehead atoms. The maximum atomic E-state index is 12.9. The summed E-state index contributed by atoms with van der Waals surface area (Å²) in [5.41, 5.74) is 0.921. The Kier molecular flexibility index (Phi) is 5.03. The summed E-state index contributed by atoms with van der Waals surface area (Å²) in [7, 11) is 0. The summed E-state index contributed by atoms with van der Waals surface area (Å²) < 4.78 is 21.5. The van der Waals surface area contributed by atoms with Crippen molar-refractivity contribution in [1.29, 1.82) is 0 Å². The zero-order chi connectivity index (χ0) is 17.8. The Labute approximate surface area is 151 Å². The molecule has 1 N–H and O–H groups in total. The molecule has 1 amide bonds. The molecule has 0 spiro atoms. The Bertz CT molecular complexity index is 743. The van der Waals surface area contributed by atoms with Crippen LogP contribution >= 0.6 is 0 Å². The lowest BCUT2D eigenvalue weighted by Crippen LogP contribution is -3.14. The minimum atomic E-state index is -0.174. The first-order valence-electron chi connectivity index (χ1n) is 8.80. The molecular formula is C18H22N3O5+. The third kappa shape index (κ3) is 3.66. The fraction of sp³-hybridized carbons (Fsp3) is 0.444. The van der Waals surface area contributed by atoms with Crippen LogP contribution in [0.3, 0.4) is 0 Å². The van der Waals surface area contributed by atoms with Crippen molar-refractivity contribution in [3.63, 3.8) is 0 Å². The molecule has 0 radical (unpaired) electrons. The quantitative estimate of drug-likeness (QED) is 0.779. The normalized spacial score (nSPS) is 16.6. The number of hydrogen-bond acceptors (Lipinski definition) is 6. The second-order valence-electron chi connectivity index (χ2n) is 6.37. The summed E-state index contributed by atoms with van der Waals surface area (Å²) in [5, 5.41) is 3.65. The van der Waals surface area contributed by atoms with E-state index in [0.717, 1.165) is 38.4 Å². The number of benzene rings is 1. The monoisotopic (exact) mass is 360 g/mol. The lowest BCUT2D eigenvalue weighted by molar-refractivity contribution is -0.907. The van der Waals surface area contributed by atoms with Gasteiger partial charge in [0, 0.05) is 11.6 Å². The summed E-state index contributed by atoms with van der Waals surface area (Å²) in [6.07, 6.45) is 1.48. The van der Waals surface area contributed by atoms with Crippen LogP contribution in [-0.2, 0) is 11.3 Å². The zero-order valence-electron chi connectivity index (χ0n) is 14.5. The van der Waals surface area contributed by atoms with Crippen molar-refractivity contribution in [3.05, 3.63) is 41.8 Å². The summed E-state index contributed by atoms with van der Waals surface area (Å²) in [6.45, 7) is 5.56. The third-order valence-corrected chi connectivity index (χ3v) is 4.71. The van der Waals surface area contributed by atoms with Gasteiger partial charge in [0.2, 0.25) is 12.6 Å². The molecule has 1 aromatic carbocycles. The fourth-order valence-electron chi connectivity index (χ4n) is 3.26. The summed E-state index contributed by atoms with van der Waals surface area (Å²) >= 11 is 0. The van der Waals surface area contributed by atoms with Crippen molar-refractivity contribution in [2.75, 3.05) is 46.2 Å². The van der Waals surface area contributed by atoms with Crippen LogP contribution in [0.5, 0.6) is 11.5 Å². The van der Waals surface area contributed by atoms with Crippen molar-refractivity contribution >= 4 is 5.91 Å². The fourth-order valence-corrected chi connectivity index (χ4v) is 3.26. The van der Waals surface area contributed by atoms with Crippen molar-refractivity contribution in [1.82, 2.24) is 10.1 Å². The van der Waals surface area contributed by atoms with Gasteiger partial charge in [-0.05, 0) is 6.07 Å². The van der Waals surface area contributed by atoms with Crippen LogP contribution in [0.25, 0.3) is 0 Å². The highest BCUT2D eigenvalue weighted by Gasteiger charge is 2.25. The first-order chi connectivity index (χ1) is 12.8. The zero-order valence-corrected chi connectivity index (χ0v) is 14.5. The standard InChI is InChI=1S/C18H21N3O5/c22-18(16-4-5-19-26-16)21(7-6-20-8-10-23-11-9-20)12-14-2-1-3-15-17(14)25-13-24-15/h1-5H,6-13H2/p+1. The molecule has 2 aromatic rings. The Morgan fingerprint density at radius 2 is 2.08 bits per heavy atom. The number of carbonyl (C=O) groups is 1. The number of hydrogen-bond donors (Lipinski definition) is 1. The highest BCUT2D eigenvalue weighted by molar-refractivity contribution is 5.91. The molecule has 1 fully saturated rings. The van der Waals surface area contributed by atoms with E-state index in [1.54, 1.807) is 11.0 Å². The number of fused-ring (bicyclic) bond motifs is 1. The van der Waals surface area contributed by atoms with Gasteiger partial charge in [0.25, 0.3) is 5.91 Å². The number of amides is 1. The molecule has 4 rings (SSSR count). The number of quaternary nitrogens is 1. The number of aromatic nitrogens is 1. The van der Waals surface area contributed by atoms with E-state index in [9.17, 15) is 4.79 Å². The van der Waals surface area contributed by atoms with E-state index in [1.807, 2.05) is 18.2 Å². The Balaban J connectivity index is 1.50. The summed E-state index contributed by atoms with van der Waals surface area (Å²) in [6, 6.07) is 7.32. The van der Waals surface area contributed by atoms with Crippen LogP contribution in [0.15, 0.2) is 35.0 Å². The summed E-state index contributed by atoms with van der Waals surface area (Å²) in [4.78, 5) is 16.1. The maximum Gasteiger partial charge on any atom is 0.292 e. The molecule has 0 aliphatic carbocycles. The molecule has 8 heteroatoms. The molecule has 8 nitrogen and oxygen atoms in total. The Morgan fingerprint density at radius 1 is 1.19 bits per heavy atom. The highest BCUT2D eigenvalue weighted by Crippen LogP contribution is 2.36. The van der Waals surface area contributed by atoms with Gasteiger partial charge >= 0.3 is 0 Å². The van der Waals surface area contributed by atoms with Gasteiger partial charge in [0.1, 0.15) is 13.1 Å². The van der Waals surface area contributed by atoms with Gasteiger partial charge in [-0.15, -0.1) is 0 Å². The first kappa shape index (κ1) is 16.9. The van der Waals surface area contributed by atoms with Gasteiger partial charge in [0.05, 0.1) is 39.0 Å². The van der Waals surface area contributed by atoms with Gasteiger partial charge in [0.15, 0.2) is 11.5 Å². The number of morpholine rings is 1. The van der Waals surface area contributed by atoms with E-state index in [-0.39, 0.29) is 18.5 Å². The number of carbonyl (C=O) groups excluding carboxylic acids is 1. The van der Waals surface area contributed by atoms with E-state index in [0.29, 0.717) is 24.6 Å². The van der Waals surface area contributed by atoms with Crippen LogP contribution in [-0.4, -0.2) is 62.1 Å². The molecule has 0 unspecified atom stereocenters. The third-order valence-electron chi connectivity index (χ3n) is 4.71. The van der Waals surface area contributed by atoms with E-state index < -0.39 is 0 Å². The number of nitrogens with zero attached hydrogens (tertiary/aromatic N) is 2. The molecule has 3 heterocycles. The lowest BCUT2D eigenvalue weighted by atomic mass is 10.1. The Hall–Kier alpha value is -2.58. The van der Waals surface area contributed by atoms with E-state index >= 15 is 0 Å². The van der Waals surface area contributed by atoms with Gasteiger partial charge in [-0.1, -0.05) is 17.3 Å². The van der Waals surface area contributed by atoms with E-state index in [2.05, 4.69) is 5.16 Å². The van der Waals surface area contributed by atoms with Gasteiger partial charge < -0.3 is 28.5 Å². The van der Waals surface area contributed by atoms with Crippen LogP contribution < -0.4 is 14.4 Å². The summed E-state index contributed by atoms with van der Waals surface area (Å²) in [5.74, 6) is 1.49. The van der Waals surface area contributed by atoms with Gasteiger partial charge in [-0.2, -0.15) is 0 Å². The molecule has 2 aliphatic heterocycles. The highest BCUT2D eigenvalue weighted by atomic mass is 16.7. The minimum absolute atomic E-state index is 0.174. The maximum absolute atomic E-state index is 12.9. The lowest BCUT2D eigenvalue weighted by Gasteiger charge is -2.27. The van der Waals surface area contributed by atoms with Crippen LogP contribution in [0.4, 0.5) is 0 Å². The van der Waals surface area contributed by atoms with Crippen LogP contribution in [0.1, 0.15) is 16.1 Å². The first-order valence-corrected chi connectivity index (χ1v) is 8.80. The molecule has 138 valence electrons. The van der Waals surface area contributed by atoms with Crippen molar-refractivity contribution in [2.24, 2.45) is 0 Å². The van der Waals surface area contributed by atoms with Gasteiger partial charge in [-0.3, -0.25) is 4.79 Å². The number of ether oxygens (including phenoxy) is 3. The largest absolute Gasteiger partial charge is 0.454 e. The number of nitrogens with one attached hydrogen (secondary N) is 1. The molecular weight excluding hydrogens is 338 g/mol. The average molecular weight is 360 g/mol. The topological polar surface area (TPSA) is 78.5 Å². The van der Waals surface area contributed by atoms with E-state index in [1.165, 1.54) is 11.1 Å². The van der Waals surface area contributed by atoms with Crippen molar-refractivity contribution < 1.29 is 28.4 Å². The average Bonchev–Trinajstić information content (AvgIpc) is 3.37. The molecule has 0 saturated carbocycles. The minimum Gasteiger partial charge on any atom is -0.454 e. The van der Waals surface area contributed by atoms with E-state index in [4.69, 9.17) is 18.7 Å². The molecule has 26 heavy (non-hydrogen) atoms. The second kappa shape index (κ2) is 7.76. The number of rotatable bonds is 6. The van der Waals surface area contributed by atoms with Crippen LogP contribution in [0.2, 0.25) is 0 Å². The smallest absolute Gasteiger partial charge is 0.292 e. The predicted octanol–water partition coefficient (Wildman–Crippen LogP) is -0.0392. The van der Waals surface area contributed by atoms with Gasteiger partial charge in [-0.25, -0.2) is 0 Å². The molecule has 2 aliphatic rings. The van der Waals surface area contributed by atoms with Crippen LogP contribution in [0, 0.1) is 0 Å². The van der Waals surface area contributed by atoms with Crippen molar-refractivity contribution in [2.45, 2.75) is 6.54 Å². The SMILES string of the molecule is O=C(c1ccno1)N(CC[NH+]1CCOCC1)Cc1cccc2c1OCO2. The molecule has 0 atom stereocenters.